The minimum Gasteiger partial charge on any atom is -0.384 e. The van der Waals surface area contributed by atoms with E-state index in [2.05, 4.69) is 9.88 Å². The van der Waals surface area contributed by atoms with E-state index < -0.39 is 0 Å². The van der Waals surface area contributed by atoms with E-state index >= 15 is 0 Å². The van der Waals surface area contributed by atoms with Gasteiger partial charge in [0.25, 0.3) is 0 Å². The van der Waals surface area contributed by atoms with E-state index in [-0.39, 0.29) is 0 Å². The Morgan fingerprint density at radius 1 is 1.47 bits per heavy atom. The molecule has 19 heavy (non-hydrogen) atoms. The monoisotopic (exact) mass is 265 g/mol. The molecule has 5 heteroatoms. The number of anilines is 1. The molecule has 1 saturated heterocycles. The summed E-state index contributed by atoms with van der Waals surface area (Å²) in [6.07, 6.45) is 4.40. The first kappa shape index (κ1) is 14.2. The Bertz CT molecular complexity index is 387. The molecule has 1 aliphatic heterocycles. The van der Waals surface area contributed by atoms with E-state index in [1.54, 1.807) is 13.3 Å². The zero-order chi connectivity index (χ0) is 13.5. The van der Waals surface area contributed by atoms with Crippen molar-refractivity contribution in [3.8, 4) is 0 Å². The van der Waals surface area contributed by atoms with Crippen LogP contribution in [0.5, 0.6) is 0 Å². The van der Waals surface area contributed by atoms with Crippen LogP contribution in [0.1, 0.15) is 18.4 Å². The molecule has 0 aromatic carbocycles. The first-order chi connectivity index (χ1) is 9.28. The summed E-state index contributed by atoms with van der Waals surface area (Å²) in [7, 11) is 1.70. The fourth-order valence-corrected chi connectivity index (χ4v) is 2.44. The van der Waals surface area contributed by atoms with Gasteiger partial charge in [0.05, 0.1) is 19.3 Å². The van der Waals surface area contributed by atoms with Crippen molar-refractivity contribution in [2.24, 2.45) is 0 Å². The molecule has 1 atom stereocenters. The second-order valence-corrected chi connectivity index (χ2v) is 4.95. The zero-order valence-electron chi connectivity index (χ0n) is 11.5. The third-order valence-corrected chi connectivity index (χ3v) is 3.35. The van der Waals surface area contributed by atoms with Crippen molar-refractivity contribution in [3.05, 3.63) is 23.9 Å². The van der Waals surface area contributed by atoms with Crippen LogP contribution in [0.15, 0.2) is 18.3 Å². The van der Waals surface area contributed by atoms with Crippen molar-refractivity contribution in [3.63, 3.8) is 0 Å². The smallest absolute Gasteiger partial charge is 0.123 e. The third-order valence-electron chi connectivity index (χ3n) is 3.35. The number of methoxy groups -OCH3 is 1. The number of nitrogen functional groups attached to an aromatic ring is 1. The molecule has 2 heterocycles. The number of ether oxygens (including phenoxy) is 2. The molecule has 1 aliphatic rings. The number of likely N-dealkylation sites (tertiary alicyclic amines) is 1. The molecule has 0 saturated carbocycles. The molecule has 0 aliphatic carbocycles. The van der Waals surface area contributed by atoms with Gasteiger partial charge in [0, 0.05) is 26.4 Å². The van der Waals surface area contributed by atoms with Gasteiger partial charge in [0.2, 0.25) is 0 Å². The molecular formula is C14H23N3O2. The van der Waals surface area contributed by atoms with Crippen LogP contribution >= 0.6 is 0 Å². The highest BCUT2D eigenvalue weighted by atomic mass is 16.5. The Morgan fingerprint density at radius 3 is 3.16 bits per heavy atom. The molecule has 5 nitrogen and oxygen atoms in total. The number of nitrogens with zero attached hydrogens (tertiary/aromatic N) is 2. The highest BCUT2D eigenvalue weighted by Crippen LogP contribution is 2.16. The quantitative estimate of drug-likeness (QED) is 0.785. The molecule has 0 spiro atoms. The predicted molar refractivity (Wildman–Crippen MR) is 74.8 cm³/mol. The average Bonchev–Trinajstić information content (AvgIpc) is 2.39. The maximum atomic E-state index is 5.81. The zero-order valence-corrected chi connectivity index (χ0v) is 11.5. The largest absolute Gasteiger partial charge is 0.384 e. The van der Waals surface area contributed by atoms with Gasteiger partial charge in [-0.2, -0.15) is 0 Å². The van der Waals surface area contributed by atoms with E-state index in [9.17, 15) is 0 Å². The molecule has 0 unspecified atom stereocenters. The molecule has 0 radical (unpaired) electrons. The van der Waals surface area contributed by atoms with Crippen molar-refractivity contribution in [2.75, 3.05) is 39.1 Å². The number of piperidine rings is 1. The Labute approximate surface area is 114 Å². The highest BCUT2D eigenvalue weighted by Gasteiger charge is 2.20. The van der Waals surface area contributed by atoms with E-state index in [0.717, 1.165) is 26.1 Å². The summed E-state index contributed by atoms with van der Waals surface area (Å²) in [6, 6.07) is 3.96. The summed E-state index contributed by atoms with van der Waals surface area (Å²) in [5.74, 6) is 0.586. The highest BCUT2D eigenvalue weighted by molar-refractivity contribution is 5.31. The number of hydrogen-bond acceptors (Lipinski definition) is 5. The molecule has 2 N–H and O–H groups in total. The number of nitrogens with two attached hydrogens (primary N) is 1. The van der Waals surface area contributed by atoms with E-state index in [4.69, 9.17) is 15.2 Å². The van der Waals surface area contributed by atoms with Gasteiger partial charge < -0.3 is 15.2 Å². The maximum absolute atomic E-state index is 5.81. The summed E-state index contributed by atoms with van der Waals surface area (Å²) in [5.41, 5.74) is 6.92. The second kappa shape index (κ2) is 7.43. The van der Waals surface area contributed by atoms with Crippen LogP contribution in [-0.4, -0.2) is 49.4 Å². The summed E-state index contributed by atoms with van der Waals surface area (Å²) < 4.78 is 10.8. The van der Waals surface area contributed by atoms with Crippen LogP contribution in [0.4, 0.5) is 5.82 Å². The molecule has 106 valence electrons. The lowest BCUT2D eigenvalue weighted by Crippen LogP contribution is -2.39. The summed E-state index contributed by atoms with van der Waals surface area (Å²) in [6.45, 7) is 4.35. The predicted octanol–water partition coefficient (Wildman–Crippen LogP) is 1.29. The van der Waals surface area contributed by atoms with Crippen LogP contribution in [0.2, 0.25) is 0 Å². The van der Waals surface area contributed by atoms with Crippen molar-refractivity contribution in [2.45, 2.75) is 25.5 Å². The van der Waals surface area contributed by atoms with Crippen molar-refractivity contribution in [1.82, 2.24) is 9.88 Å². The SMILES string of the molecule is COCCO[C@@H]1CCCN(Cc2ccnc(N)c2)C1. The fraction of sp³-hybridized carbons (Fsp3) is 0.643. The van der Waals surface area contributed by atoms with Gasteiger partial charge in [-0.3, -0.25) is 4.90 Å². The van der Waals surface area contributed by atoms with Crippen LogP contribution in [0.3, 0.4) is 0 Å². The fourth-order valence-electron chi connectivity index (χ4n) is 2.44. The molecule has 1 aromatic rings. The van der Waals surface area contributed by atoms with Crippen LogP contribution in [-0.2, 0) is 16.0 Å². The third kappa shape index (κ3) is 4.78. The van der Waals surface area contributed by atoms with Gasteiger partial charge in [0.1, 0.15) is 5.82 Å². The Morgan fingerprint density at radius 2 is 2.37 bits per heavy atom. The van der Waals surface area contributed by atoms with Gasteiger partial charge in [-0.15, -0.1) is 0 Å². The molecular weight excluding hydrogens is 242 g/mol. The minimum absolute atomic E-state index is 0.322. The van der Waals surface area contributed by atoms with Gasteiger partial charge in [0.15, 0.2) is 0 Å². The lowest BCUT2D eigenvalue weighted by molar-refractivity contribution is -0.0224. The van der Waals surface area contributed by atoms with E-state index in [1.165, 1.54) is 12.0 Å². The summed E-state index contributed by atoms with van der Waals surface area (Å²) >= 11 is 0. The van der Waals surface area contributed by atoms with Gasteiger partial charge >= 0.3 is 0 Å². The second-order valence-electron chi connectivity index (χ2n) is 4.95. The molecule has 2 rings (SSSR count). The minimum atomic E-state index is 0.322. The van der Waals surface area contributed by atoms with Crippen LogP contribution in [0, 0.1) is 0 Å². The van der Waals surface area contributed by atoms with Crippen molar-refractivity contribution >= 4 is 5.82 Å². The first-order valence-corrected chi connectivity index (χ1v) is 6.81. The first-order valence-electron chi connectivity index (χ1n) is 6.81. The molecule has 1 aromatic heterocycles. The Balaban J connectivity index is 1.80. The average molecular weight is 265 g/mol. The van der Waals surface area contributed by atoms with Gasteiger partial charge in [-0.05, 0) is 37.1 Å². The lowest BCUT2D eigenvalue weighted by Gasteiger charge is -2.32. The number of hydrogen-bond donors (Lipinski definition) is 1. The van der Waals surface area contributed by atoms with E-state index in [0.29, 0.717) is 25.1 Å². The summed E-state index contributed by atoms with van der Waals surface area (Å²) in [5, 5.41) is 0. The topological polar surface area (TPSA) is 60.6 Å². The number of rotatable bonds is 6. The van der Waals surface area contributed by atoms with Gasteiger partial charge in [-0.1, -0.05) is 0 Å². The normalized spacial score (nSPS) is 20.6. The number of aromatic nitrogens is 1. The molecule has 0 amide bonds. The Kier molecular flexibility index (Phi) is 5.57. The van der Waals surface area contributed by atoms with Crippen LogP contribution < -0.4 is 5.73 Å². The maximum Gasteiger partial charge on any atom is 0.123 e. The Hall–Kier alpha value is -1.17. The standard InChI is InChI=1S/C14H23N3O2/c1-18-7-8-19-13-3-2-6-17(11-13)10-12-4-5-16-14(15)9-12/h4-5,9,13H,2-3,6-8,10-11H2,1H3,(H2,15,16)/t13-/m1/s1. The van der Waals surface area contributed by atoms with Crippen molar-refractivity contribution in [1.29, 1.82) is 0 Å². The number of pyridine rings is 1. The van der Waals surface area contributed by atoms with Gasteiger partial charge in [-0.25, -0.2) is 4.98 Å². The van der Waals surface area contributed by atoms with Crippen molar-refractivity contribution < 1.29 is 9.47 Å². The molecule has 0 bridgehead atoms. The molecule has 1 fully saturated rings. The van der Waals surface area contributed by atoms with Crippen LogP contribution in [0.25, 0.3) is 0 Å². The van der Waals surface area contributed by atoms with E-state index in [1.807, 2.05) is 12.1 Å². The summed E-state index contributed by atoms with van der Waals surface area (Å²) in [4.78, 5) is 6.43. The lowest BCUT2D eigenvalue weighted by atomic mass is 10.1.